The van der Waals surface area contributed by atoms with Crippen molar-refractivity contribution < 1.29 is 8.83 Å². The van der Waals surface area contributed by atoms with Crippen LogP contribution in [0.3, 0.4) is 0 Å². The van der Waals surface area contributed by atoms with Crippen LogP contribution >= 0.6 is 0 Å². The van der Waals surface area contributed by atoms with Crippen molar-refractivity contribution in [1.82, 2.24) is 4.98 Å². The summed E-state index contributed by atoms with van der Waals surface area (Å²) in [6.07, 6.45) is 1.89. The van der Waals surface area contributed by atoms with Crippen LogP contribution in [-0.2, 0) is 5.41 Å². The van der Waals surface area contributed by atoms with E-state index < -0.39 is 0 Å². The predicted molar refractivity (Wildman–Crippen MR) is 123 cm³/mol. The molecule has 6 aromatic rings. The van der Waals surface area contributed by atoms with Gasteiger partial charge < -0.3 is 8.83 Å². The third kappa shape index (κ3) is 2.48. The maximum atomic E-state index is 6.41. The second-order valence-electron chi connectivity index (χ2n) is 8.91. The van der Waals surface area contributed by atoms with Gasteiger partial charge in [-0.15, -0.1) is 0 Å². The third-order valence-corrected chi connectivity index (χ3v) is 5.90. The fourth-order valence-electron chi connectivity index (χ4n) is 4.26. The zero-order chi connectivity index (χ0) is 20.5. The van der Waals surface area contributed by atoms with E-state index >= 15 is 0 Å². The first-order valence-electron chi connectivity index (χ1n) is 10.2. The highest BCUT2D eigenvalue weighted by Gasteiger charge is 2.18. The van der Waals surface area contributed by atoms with Crippen molar-refractivity contribution >= 4 is 43.9 Å². The van der Waals surface area contributed by atoms with Gasteiger partial charge in [-0.3, -0.25) is 4.98 Å². The SMILES string of the molecule is CC(C)(C)c1ccnc(-c2cccc3c2oc2cc4c(cc23)oc2ccccc24)c1. The van der Waals surface area contributed by atoms with E-state index in [4.69, 9.17) is 8.83 Å². The minimum absolute atomic E-state index is 0.0605. The Bertz CT molecular complexity index is 1580. The summed E-state index contributed by atoms with van der Waals surface area (Å²) in [4.78, 5) is 4.65. The molecule has 0 unspecified atom stereocenters. The molecule has 146 valence electrons. The number of hydrogen-bond acceptors (Lipinski definition) is 3. The highest BCUT2D eigenvalue weighted by molar-refractivity contribution is 6.16. The van der Waals surface area contributed by atoms with Crippen LogP contribution in [0.15, 0.2) is 81.8 Å². The zero-order valence-electron chi connectivity index (χ0n) is 17.2. The first-order chi connectivity index (χ1) is 14.5. The molecule has 0 spiro atoms. The van der Waals surface area contributed by atoms with Gasteiger partial charge in [0.15, 0.2) is 0 Å². The van der Waals surface area contributed by atoms with Gasteiger partial charge in [-0.1, -0.05) is 51.1 Å². The maximum Gasteiger partial charge on any atom is 0.144 e. The Morgan fingerprint density at radius 3 is 2.23 bits per heavy atom. The second-order valence-corrected chi connectivity index (χ2v) is 8.91. The fourth-order valence-corrected chi connectivity index (χ4v) is 4.26. The molecule has 0 saturated heterocycles. The first-order valence-corrected chi connectivity index (χ1v) is 10.2. The van der Waals surface area contributed by atoms with Gasteiger partial charge in [0.05, 0.1) is 5.69 Å². The summed E-state index contributed by atoms with van der Waals surface area (Å²) in [7, 11) is 0. The summed E-state index contributed by atoms with van der Waals surface area (Å²) in [6, 6.07) is 22.8. The summed E-state index contributed by atoms with van der Waals surface area (Å²) in [5.41, 5.74) is 6.76. The molecule has 0 aliphatic carbocycles. The summed E-state index contributed by atoms with van der Waals surface area (Å²) in [5, 5.41) is 4.32. The number of aromatic nitrogens is 1. The molecule has 3 heterocycles. The maximum absolute atomic E-state index is 6.41. The molecule has 0 N–H and O–H groups in total. The summed E-state index contributed by atoms with van der Waals surface area (Å²) < 4.78 is 12.5. The molecule has 30 heavy (non-hydrogen) atoms. The molecule has 3 heteroatoms. The zero-order valence-corrected chi connectivity index (χ0v) is 17.2. The minimum atomic E-state index is 0.0605. The minimum Gasteiger partial charge on any atom is -0.456 e. The summed E-state index contributed by atoms with van der Waals surface area (Å²) >= 11 is 0. The van der Waals surface area contributed by atoms with Crippen LogP contribution in [0, 0.1) is 0 Å². The van der Waals surface area contributed by atoms with Crippen molar-refractivity contribution in [3.8, 4) is 11.3 Å². The van der Waals surface area contributed by atoms with E-state index in [9.17, 15) is 0 Å². The van der Waals surface area contributed by atoms with Crippen LogP contribution in [0.25, 0.3) is 55.1 Å². The molecule has 6 rings (SSSR count). The second kappa shape index (κ2) is 5.96. The Balaban J connectivity index is 1.64. The van der Waals surface area contributed by atoms with Crippen LogP contribution in [0.2, 0.25) is 0 Å². The van der Waals surface area contributed by atoms with E-state index in [-0.39, 0.29) is 5.41 Å². The van der Waals surface area contributed by atoms with E-state index in [1.165, 1.54) is 5.56 Å². The van der Waals surface area contributed by atoms with E-state index in [0.717, 1.165) is 55.1 Å². The molecule has 0 aliphatic rings. The smallest absolute Gasteiger partial charge is 0.144 e. The first kappa shape index (κ1) is 17.3. The lowest BCUT2D eigenvalue weighted by atomic mass is 9.87. The monoisotopic (exact) mass is 391 g/mol. The number of nitrogens with zero attached hydrogens (tertiary/aromatic N) is 1. The molecule has 0 aliphatic heterocycles. The van der Waals surface area contributed by atoms with Gasteiger partial charge >= 0.3 is 0 Å². The quantitative estimate of drug-likeness (QED) is 0.286. The lowest BCUT2D eigenvalue weighted by Crippen LogP contribution is -2.11. The average Bonchev–Trinajstić information content (AvgIpc) is 3.29. The van der Waals surface area contributed by atoms with Gasteiger partial charge in [-0.05, 0) is 47.4 Å². The Labute approximate surface area is 173 Å². The number of furan rings is 2. The molecule has 3 aromatic carbocycles. The average molecular weight is 391 g/mol. The number of pyridine rings is 1. The van der Waals surface area contributed by atoms with Crippen LogP contribution in [0.5, 0.6) is 0 Å². The normalized spacial score (nSPS) is 12.5. The van der Waals surface area contributed by atoms with Crippen LogP contribution in [0.4, 0.5) is 0 Å². The van der Waals surface area contributed by atoms with Crippen molar-refractivity contribution in [1.29, 1.82) is 0 Å². The van der Waals surface area contributed by atoms with E-state index in [0.29, 0.717) is 0 Å². The Morgan fingerprint density at radius 1 is 0.667 bits per heavy atom. The van der Waals surface area contributed by atoms with Gasteiger partial charge in [0.1, 0.15) is 22.3 Å². The highest BCUT2D eigenvalue weighted by atomic mass is 16.3. The number of fused-ring (bicyclic) bond motifs is 6. The standard InChI is InChI=1S/C27H21NO2/c1-27(2,3)16-11-12-28-22(13-16)19-9-6-8-18-21-15-24-20(14-25(21)30-26(18)19)17-7-4-5-10-23(17)29-24/h4-15H,1-3H3. The predicted octanol–water partition coefficient (Wildman–Crippen LogP) is 7.84. The Morgan fingerprint density at radius 2 is 1.40 bits per heavy atom. The fraction of sp³-hybridized carbons (Fsp3) is 0.148. The molecule has 0 bridgehead atoms. The number of hydrogen-bond donors (Lipinski definition) is 0. The molecule has 0 amide bonds. The van der Waals surface area contributed by atoms with Gasteiger partial charge in [0, 0.05) is 33.3 Å². The van der Waals surface area contributed by atoms with Crippen molar-refractivity contribution in [2.45, 2.75) is 26.2 Å². The number of rotatable bonds is 1. The molecule has 3 nitrogen and oxygen atoms in total. The lowest BCUT2D eigenvalue weighted by molar-refractivity contribution is 0.589. The number of para-hydroxylation sites is 2. The van der Waals surface area contributed by atoms with E-state index in [1.54, 1.807) is 0 Å². The molecule has 3 aromatic heterocycles. The molecule has 0 fully saturated rings. The third-order valence-electron chi connectivity index (χ3n) is 5.90. The largest absolute Gasteiger partial charge is 0.456 e. The molecular formula is C27H21NO2. The van der Waals surface area contributed by atoms with Gasteiger partial charge in [0.2, 0.25) is 0 Å². The Kier molecular flexibility index (Phi) is 3.43. The van der Waals surface area contributed by atoms with Crippen molar-refractivity contribution in [3.63, 3.8) is 0 Å². The number of benzene rings is 3. The van der Waals surface area contributed by atoms with Crippen LogP contribution in [-0.4, -0.2) is 4.98 Å². The Hall–Kier alpha value is -3.59. The molecule has 0 saturated carbocycles. The van der Waals surface area contributed by atoms with Gasteiger partial charge in [-0.2, -0.15) is 0 Å². The van der Waals surface area contributed by atoms with E-state index in [1.807, 2.05) is 24.4 Å². The lowest BCUT2D eigenvalue weighted by Gasteiger charge is -2.19. The van der Waals surface area contributed by atoms with E-state index in [2.05, 4.69) is 74.3 Å². The molecule has 0 atom stereocenters. The van der Waals surface area contributed by atoms with Gasteiger partial charge in [-0.25, -0.2) is 0 Å². The van der Waals surface area contributed by atoms with Gasteiger partial charge in [0.25, 0.3) is 0 Å². The van der Waals surface area contributed by atoms with Crippen LogP contribution < -0.4 is 0 Å². The summed E-state index contributed by atoms with van der Waals surface area (Å²) in [5.74, 6) is 0. The topological polar surface area (TPSA) is 39.2 Å². The van der Waals surface area contributed by atoms with Crippen molar-refractivity contribution in [2.75, 3.05) is 0 Å². The summed E-state index contributed by atoms with van der Waals surface area (Å²) in [6.45, 7) is 6.65. The molecule has 0 radical (unpaired) electrons. The van der Waals surface area contributed by atoms with Crippen LogP contribution in [0.1, 0.15) is 26.3 Å². The van der Waals surface area contributed by atoms with Crippen molar-refractivity contribution in [3.05, 3.63) is 78.5 Å². The molecular weight excluding hydrogens is 370 g/mol. The highest BCUT2D eigenvalue weighted by Crippen LogP contribution is 2.39. The van der Waals surface area contributed by atoms with Crippen molar-refractivity contribution in [2.24, 2.45) is 0 Å².